The van der Waals surface area contributed by atoms with Crippen molar-refractivity contribution in [3.8, 4) is 33.4 Å². The molecule has 0 unspecified atom stereocenters. The van der Waals surface area contributed by atoms with E-state index >= 15 is 0 Å². The van der Waals surface area contributed by atoms with Crippen molar-refractivity contribution in [3.63, 3.8) is 0 Å². The summed E-state index contributed by atoms with van der Waals surface area (Å²) in [5.41, 5.74) is 8.89. The van der Waals surface area contributed by atoms with Gasteiger partial charge in [0.1, 0.15) is 0 Å². The maximum absolute atomic E-state index is 2.36. The highest BCUT2D eigenvalue weighted by Gasteiger charge is 2.16. The van der Waals surface area contributed by atoms with Crippen molar-refractivity contribution in [3.05, 3.63) is 145 Å². The minimum Gasteiger partial charge on any atom is -0.0622 e. The summed E-state index contributed by atoms with van der Waals surface area (Å²) in [6.07, 6.45) is 0. The molecule has 0 saturated heterocycles. The fourth-order valence-electron chi connectivity index (χ4n) is 5.68. The van der Waals surface area contributed by atoms with Crippen LogP contribution in [0.25, 0.3) is 65.7 Å². The van der Waals surface area contributed by atoms with Crippen molar-refractivity contribution in [2.45, 2.75) is 6.92 Å². The first-order valence-corrected chi connectivity index (χ1v) is 12.9. The molecule has 0 aromatic heterocycles. The summed E-state index contributed by atoms with van der Waals surface area (Å²) >= 11 is 0. The number of rotatable bonds is 3. The summed E-state index contributed by atoms with van der Waals surface area (Å²) in [5.74, 6) is 0. The van der Waals surface area contributed by atoms with Gasteiger partial charge in [-0.1, -0.05) is 133 Å². The summed E-state index contributed by atoms with van der Waals surface area (Å²) in [4.78, 5) is 0. The van der Waals surface area contributed by atoms with Gasteiger partial charge in [0, 0.05) is 0 Å². The van der Waals surface area contributed by atoms with E-state index in [0.29, 0.717) is 0 Å². The molecule has 0 radical (unpaired) electrons. The molecule has 0 nitrogen and oxygen atoms in total. The molecule has 0 aliphatic rings. The summed E-state index contributed by atoms with van der Waals surface area (Å²) in [7, 11) is 0. The van der Waals surface area contributed by atoms with Crippen molar-refractivity contribution in [2.75, 3.05) is 0 Å². The molecule has 0 heteroatoms. The second-order valence-electron chi connectivity index (χ2n) is 9.85. The third-order valence-corrected chi connectivity index (χ3v) is 7.51. The van der Waals surface area contributed by atoms with Crippen LogP contribution in [0.15, 0.2) is 140 Å². The van der Waals surface area contributed by atoms with Crippen LogP contribution < -0.4 is 0 Å². The van der Waals surface area contributed by atoms with E-state index in [1.807, 2.05) is 0 Å². The first-order chi connectivity index (χ1) is 18.3. The third-order valence-electron chi connectivity index (χ3n) is 7.51. The minimum atomic E-state index is 1.25. The normalized spacial score (nSPS) is 11.4. The molecule has 0 saturated carbocycles. The maximum Gasteiger partial charge on any atom is -0.00262 e. The van der Waals surface area contributed by atoms with Crippen LogP contribution in [0.3, 0.4) is 0 Å². The topological polar surface area (TPSA) is 0 Å². The highest BCUT2D eigenvalue weighted by atomic mass is 14.2. The van der Waals surface area contributed by atoms with Crippen LogP contribution in [0.2, 0.25) is 0 Å². The third kappa shape index (κ3) is 3.70. The van der Waals surface area contributed by atoms with Crippen molar-refractivity contribution in [2.24, 2.45) is 0 Å². The van der Waals surface area contributed by atoms with Gasteiger partial charge in [-0.25, -0.2) is 0 Å². The van der Waals surface area contributed by atoms with Crippen LogP contribution >= 0.6 is 0 Å². The molecule has 0 atom stereocenters. The van der Waals surface area contributed by atoms with Gasteiger partial charge in [-0.05, 0) is 84.8 Å². The van der Waals surface area contributed by atoms with Crippen molar-refractivity contribution < 1.29 is 0 Å². The predicted octanol–water partition coefficient (Wildman–Crippen LogP) is 10.5. The zero-order chi connectivity index (χ0) is 24.8. The summed E-state index contributed by atoms with van der Waals surface area (Å²) < 4.78 is 0. The van der Waals surface area contributed by atoms with Crippen molar-refractivity contribution in [1.82, 2.24) is 0 Å². The Balaban J connectivity index is 1.51. The standard InChI is InChI=1S/C37H26/c1-25-15-17-26(18-16-25)29-21-19-27-20-22-30(24-31(27)23-29)37-34-13-7-5-11-32(34)36(28-9-3-2-4-10-28)33-12-6-8-14-35(33)37/h2-24H,1H3. The molecule has 0 bridgehead atoms. The van der Waals surface area contributed by atoms with E-state index in [2.05, 4.69) is 146 Å². The van der Waals surface area contributed by atoms with Gasteiger partial charge in [0.2, 0.25) is 0 Å². The molecule has 0 N–H and O–H groups in total. The molecule has 7 aromatic rings. The van der Waals surface area contributed by atoms with E-state index in [1.54, 1.807) is 0 Å². The number of aryl methyl sites for hydroxylation is 1. The fourth-order valence-corrected chi connectivity index (χ4v) is 5.68. The van der Waals surface area contributed by atoms with Gasteiger partial charge in [-0.2, -0.15) is 0 Å². The average Bonchev–Trinajstić information content (AvgIpc) is 2.96. The Morgan fingerprint density at radius 1 is 0.324 bits per heavy atom. The molecule has 0 fully saturated rings. The lowest BCUT2D eigenvalue weighted by Gasteiger charge is -2.18. The van der Waals surface area contributed by atoms with Crippen LogP contribution in [0, 0.1) is 6.92 Å². The van der Waals surface area contributed by atoms with Crippen LogP contribution in [0.4, 0.5) is 0 Å². The highest BCUT2D eigenvalue weighted by Crippen LogP contribution is 2.44. The number of benzene rings is 7. The number of hydrogen-bond acceptors (Lipinski definition) is 0. The molecule has 0 amide bonds. The van der Waals surface area contributed by atoms with Crippen LogP contribution in [-0.4, -0.2) is 0 Å². The van der Waals surface area contributed by atoms with Gasteiger partial charge in [0.05, 0.1) is 0 Å². The Kier molecular flexibility index (Phi) is 5.11. The Hall–Kier alpha value is -4.68. The second kappa shape index (κ2) is 8.76. The first kappa shape index (κ1) is 21.6. The fraction of sp³-hybridized carbons (Fsp3) is 0.0270. The highest BCUT2D eigenvalue weighted by molar-refractivity contribution is 6.21. The number of fused-ring (bicyclic) bond motifs is 3. The zero-order valence-electron chi connectivity index (χ0n) is 20.8. The van der Waals surface area contributed by atoms with E-state index in [9.17, 15) is 0 Å². The van der Waals surface area contributed by atoms with Crippen molar-refractivity contribution in [1.29, 1.82) is 0 Å². The molecule has 37 heavy (non-hydrogen) atoms. The molecule has 0 spiro atoms. The quantitative estimate of drug-likeness (QED) is 0.225. The van der Waals surface area contributed by atoms with E-state index in [0.717, 1.165) is 0 Å². The maximum atomic E-state index is 2.36. The van der Waals surface area contributed by atoms with Crippen LogP contribution in [0.1, 0.15) is 5.56 Å². The SMILES string of the molecule is Cc1ccc(-c2ccc3ccc(-c4c5ccccc5c(-c5ccccc5)c5ccccc45)cc3c2)cc1. The Labute approximate surface area is 217 Å². The van der Waals surface area contributed by atoms with E-state index in [-0.39, 0.29) is 0 Å². The van der Waals surface area contributed by atoms with Gasteiger partial charge in [-0.15, -0.1) is 0 Å². The molecule has 7 rings (SSSR count). The largest absolute Gasteiger partial charge is 0.0622 e. The lowest BCUT2D eigenvalue weighted by molar-refractivity contribution is 1.47. The molecular formula is C37H26. The van der Waals surface area contributed by atoms with Gasteiger partial charge in [0.15, 0.2) is 0 Å². The molecule has 0 aliphatic carbocycles. The first-order valence-electron chi connectivity index (χ1n) is 12.9. The lowest BCUT2D eigenvalue weighted by Crippen LogP contribution is -1.90. The predicted molar refractivity (Wildman–Crippen MR) is 160 cm³/mol. The van der Waals surface area contributed by atoms with E-state index in [4.69, 9.17) is 0 Å². The molecule has 7 aromatic carbocycles. The molecule has 0 heterocycles. The van der Waals surface area contributed by atoms with Crippen LogP contribution in [0.5, 0.6) is 0 Å². The second-order valence-corrected chi connectivity index (χ2v) is 9.85. The Bertz CT molecular complexity index is 1850. The van der Waals surface area contributed by atoms with Gasteiger partial charge >= 0.3 is 0 Å². The van der Waals surface area contributed by atoms with E-state index < -0.39 is 0 Å². The monoisotopic (exact) mass is 470 g/mol. The molecule has 174 valence electrons. The zero-order valence-corrected chi connectivity index (χ0v) is 20.8. The van der Waals surface area contributed by atoms with Gasteiger partial charge < -0.3 is 0 Å². The van der Waals surface area contributed by atoms with Crippen LogP contribution in [-0.2, 0) is 0 Å². The Morgan fingerprint density at radius 3 is 1.38 bits per heavy atom. The Morgan fingerprint density at radius 2 is 0.784 bits per heavy atom. The summed E-state index contributed by atoms with van der Waals surface area (Å²) in [5, 5.41) is 7.67. The van der Waals surface area contributed by atoms with Gasteiger partial charge in [-0.3, -0.25) is 0 Å². The minimum absolute atomic E-state index is 1.25. The molecule has 0 aliphatic heterocycles. The van der Waals surface area contributed by atoms with E-state index in [1.165, 1.54) is 71.3 Å². The number of hydrogen-bond donors (Lipinski definition) is 0. The van der Waals surface area contributed by atoms with Gasteiger partial charge in [0.25, 0.3) is 0 Å². The average molecular weight is 471 g/mol. The smallest absolute Gasteiger partial charge is 0.00262 e. The summed E-state index contributed by atoms with van der Waals surface area (Å²) in [6, 6.07) is 51.0. The lowest BCUT2D eigenvalue weighted by atomic mass is 9.85. The van der Waals surface area contributed by atoms with Crippen molar-refractivity contribution >= 4 is 32.3 Å². The molecular weight excluding hydrogens is 444 g/mol. The summed E-state index contributed by atoms with van der Waals surface area (Å²) in [6.45, 7) is 2.13.